The Hall–Kier alpha value is -2.35. The van der Waals surface area contributed by atoms with Crippen molar-refractivity contribution in [2.75, 3.05) is 11.8 Å². The van der Waals surface area contributed by atoms with E-state index < -0.39 is 16.0 Å². The van der Waals surface area contributed by atoms with Crippen LogP contribution in [0.25, 0.3) is 0 Å². The minimum Gasteiger partial charge on any atom is -0.465 e. The summed E-state index contributed by atoms with van der Waals surface area (Å²) in [6, 6.07) is 7.11. The molecule has 8 heteroatoms. The van der Waals surface area contributed by atoms with E-state index in [1.165, 1.54) is 31.4 Å². The van der Waals surface area contributed by atoms with Gasteiger partial charge in [0, 0.05) is 11.8 Å². The molecule has 0 bridgehead atoms. The molecule has 0 saturated heterocycles. The van der Waals surface area contributed by atoms with Gasteiger partial charge >= 0.3 is 5.97 Å². The second-order valence-corrected chi connectivity index (χ2v) is 6.67. The number of benzene rings is 1. The van der Waals surface area contributed by atoms with Crippen LogP contribution in [0.1, 0.15) is 35.8 Å². The molecular formula is C14H17N3O4S. The molecule has 0 aliphatic carbocycles. The van der Waals surface area contributed by atoms with E-state index in [1.807, 2.05) is 13.8 Å². The Labute approximate surface area is 128 Å². The van der Waals surface area contributed by atoms with Gasteiger partial charge in [0.2, 0.25) is 0 Å². The van der Waals surface area contributed by atoms with Crippen LogP contribution >= 0.6 is 0 Å². The van der Waals surface area contributed by atoms with Crippen molar-refractivity contribution in [3.8, 4) is 0 Å². The molecule has 1 aromatic carbocycles. The topological polar surface area (TPSA) is 101 Å². The quantitative estimate of drug-likeness (QED) is 0.821. The lowest BCUT2D eigenvalue weighted by Crippen LogP contribution is -2.13. The summed E-state index contributed by atoms with van der Waals surface area (Å²) in [5, 5.41) is 6.69. The van der Waals surface area contributed by atoms with Crippen LogP contribution in [0.4, 0.5) is 5.82 Å². The summed E-state index contributed by atoms with van der Waals surface area (Å²) >= 11 is 0. The van der Waals surface area contributed by atoms with E-state index in [-0.39, 0.29) is 22.2 Å². The van der Waals surface area contributed by atoms with Crippen molar-refractivity contribution in [3.05, 3.63) is 41.6 Å². The van der Waals surface area contributed by atoms with Gasteiger partial charge in [-0.25, -0.2) is 13.2 Å². The van der Waals surface area contributed by atoms with E-state index in [9.17, 15) is 13.2 Å². The molecule has 0 aliphatic heterocycles. The molecule has 0 amide bonds. The number of nitrogens with one attached hydrogen (secondary N) is 2. The maximum absolute atomic E-state index is 12.3. The van der Waals surface area contributed by atoms with Crippen molar-refractivity contribution in [1.29, 1.82) is 0 Å². The number of anilines is 1. The van der Waals surface area contributed by atoms with Crippen molar-refractivity contribution in [2.24, 2.45) is 0 Å². The first-order chi connectivity index (χ1) is 10.3. The van der Waals surface area contributed by atoms with Crippen molar-refractivity contribution in [1.82, 2.24) is 10.2 Å². The smallest absolute Gasteiger partial charge is 0.337 e. The van der Waals surface area contributed by atoms with Gasteiger partial charge in [0.25, 0.3) is 10.0 Å². The van der Waals surface area contributed by atoms with Crippen LogP contribution in [0.15, 0.2) is 35.2 Å². The van der Waals surface area contributed by atoms with Crippen LogP contribution in [-0.2, 0) is 14.8 Å². The van der Waals surface area contributed by atoms with Gasteiger partial charge in [0.05, 0.1) is 17.6 Å². The largest absolute Gasteiger partial charge is 0.465 e. The molecule has 0 aliphatic rings. The zero-order valence-electron chi connectivity index (χ0n) is 12.5. The van der Waals surface area contributed by atoms with Gasteiger partial charge in [-0.3, -0.25) is 9.82 Å². The number of methoxy groups -OCH3 is 1. The average molecular weight is 323 g/mol. The van der Waals surface area contributed by atoms with Crippen LogP contribution in [0.3, 0.4) is 0 Å². The fourth-order valence-corrected chi connectivity index (χ4v) is 2.76. The van der Waals surface area contributed by atoms with E-state index in [1.54, 1.807) is 6.07 Å². The first-order valence-corrected chi connectivity index (χ1v) is 8.08. The number of esters is 1. The van der Waals surface area contributed by atoms with Crippen LogP contribution in [-0.4, -0.2) is 31.7 Å². The van der Waals surface area contributed by atoms with Gasteiger partial charge in [-0.05, 0) is 30.2 Å². The van der Waals surface area contributed by atoms with Crippen LogP contribution in [0.5, 0.6) is 0 Å². The molecule has 2 N–H and O–H groups in total. The van der Waals surface area contributed by atoms with Gasteiger partial charge < -0.3 is 4.74 Å². The number of H-pyrrole nitrogens is 1. The summed E-state index contributed by atoms with van der Waals surface area (Å²) < 4.78 is 31.5. The van der Waals surface area contributed by atoms with Crippen molar-refractivity contribution in [2.45, 2.75) is 24.7 Å². The first kappa shape index (κ1) is 16.0. The number of sulfonamides is 1. The minimum atomic E-state index is -3.76. The Bertz CT molecular complexity index is 764. The summed E-state index contributed by atoms with van der Waals surface area (Å²) in [5.41, 5.74) is 1.11. The standard InChI is InChI=1S/C14H17N3O4S/c1-9(2)12-8-13(16-15-12)17-22(19,20)11-6-4-10(5-7-11)14(18)21-3/h4-9H,1-3H3,(H2,15,16,17). The highest BCUT2D eigenvalue weighted by molar-refractivity contribution is 7.92. The molecular weight excluding hydrogens is 306 g/mol. The Morgan fingerprint density at radius 1 is 1.27 bits per heavy atom. The Morgan fingerprint density at radius 2 is 1.91 bits per heavy atom. The number of ether oxygens (including phenoxy) is 1. The van der Waals surface area contributed by atoms with Gasteiger partial charge in [0.15, 0.2) is 5.82 Å². The fraction of sp³-hybridized carbons (Fsp3) is 0.286. The molecule has 118 valence electrons. The Balaban J connectivity index is 2.20. The number of aromatic nitrogens is 2. The van der Waals surface area contributed by atoms with E-state index >= 15 is 0 Å². The summed E-state index contributed by atoms with van der Waals surface area (Å²) in [6.45, 7) is 3.94. The van der Waals surface area contributed by atoms with Gasteiger partial charge in [-0.2, -0.15) is 5.10 Å². The van der Waals surface area contributed by atoms with Crippen LogP contribution in [0.2, 0.25) is 0 Å². The maximum atomic E-state index is 12.3. The molecule has 0 radical (unpaired) electrons. The van der Waals surface area contributed by atoms with Gasteiger partial charge in [-0.15, -0.1) is 0 Å². The van der Waals surface area contributed by atoms with E-state index in [4.69, 9.17) is 0 Å². The van der Waals surface area contributed by atoms with E-state index in [0.29, 0.717) is 0 Å². The monoisotopic (exact) mass is 323 g/mol. The molecule has 1 aromatic heterocycles. The SMILES string of the molecule is COC(=O)c1ccc(S(=O)(=O)Nc2cc(C(C)C)[nH]n2)cc1. The summed E-state index contributed by atoms with van der Waals surface area (Å²) in [6.07, 6.45) is 0. The number of nitrogens with zero attached hydrogens (tertiary/aromatic N) is 1. The highest BCUT2D eigenvalue weighted by Crippen LogP contribution is 2.19. The van der Waals surface area contributed by atoms with E-state index in [2.05, 4.69) is 19.7 Å². The zero-order chi connectivity index (χ0) is 16.3. The van der Waals surface area contributed by atoms with Crippen LogP contribution < -0.4 is 4.72 Å². The zero-order valence-corrected chi connectivity index (χ0v) is 13.3. The molecule has 0 spiro atoms. The van der Waals surface area contributed by atoms with Crippen molar-refractivity contribution in [3.63, 3.8) is 0 Å². The van der Waals surface area contributed by atoms with Crippen molar-refractivity contribution < 1.29 is 17.9 Å². The molecule has 2 aromatic rings. The second kappa shape index (κ2) is 6.18. The normalized spacial score (nSPS) is 11.5. The summed E-state index contributed by atoms with van der Waals surface area (Å²) in [4.78, 5) is 11.4. The lowest BCUT2D eigenvalue weighted by atomic mass is 10.1. The molecule has 0 saturated carbocycles. The molecule has 0 unspecified atom stereocenters. The number of rotatable bonds is 5. The predicted molar refractivity (Wildman–Crippen MR) is 81.3 cm³/mol. The number of hydrogen-bond acceptors (Lipinski definition) is 5. The minimum absolute atomic E-state index is 0.0363. The molecule has 7 nitrogen and oxygen atoms in total. The number of hydrogen-bond donors (Lipinski definition) is 2. The maximum Gasteiger partial charge on any atom is 0.337 e. The first-order valence-electron chi connectivity index (χ1n) is 6.60. The lowest BCUT2D eigenvalue weighted by Gasteiger charge is -2.06. The molecule has 0 atom stereocenters. The third kappa shape index (κ3) is 3.45. The van der Waals surface area contributed by atoms with E-state index in [0.717, 1.165) is 5.69 Å². The third-order valence-electron chi connectivity index (χ3n) is 3.04. The molecule has 1 heterocycles. The highest BCUT2D eigenvalue weighted by atomic mass is 32.2. The molecule has 22 heavy (non-hydrogen) atoms. The van der Waals surface area contributed by atoms with Gasteiger partial charge in [0.1, 0.15) is 0 Å². The number of aromatic amines is 1. The Kier molecular flexibility index (Phi) is 4.51. The lowest BCUT2D eigenvalue weighted by molar-refractivity contribution is 0.0600. The average Bonchev–Trinajstić information content (AvgIpc) is 2.94. The summed E-state index contributed by atoms with van der Waals surface area (Å²) in [7, 11) is -2.50. The number of carbonyl (C=O) groups is 1. The van der Waals surface area contributed by atoms with Gasteiger partial charge in [-0.1, -0.05) is 13.8 Å². The Morgan fingerprint density at radius 3 is 2.41 bits per heavy atom. The number of carbonyl (C=O) groups excluding carboxylic acids is 1. The summed E-state index contributed by atoms with van der Waals surface area (Å²) in [5.74, 6) is -0.0865. The highest BCUT2D eigenvalue weighted by Gasteiger charge is 2.17. The van der Waals surface area contributed by atoms with Crippen LogP contribution in [0, 0.1) is 0 Å². The second-order valence-electron chi connectivity index (χ2n) is 4.98. The predicted octanol–water partition coefficient (Wildman–Crippen LogP) is 2.12. The molecule has 2 rings (SSSR count). The third-order valence-corrected chi connectivity index (χ3v) is 4.41. The molecule has 0 fully saturated rings. The van der Waals surface area contributed by atoms with Crippen molar-refractivity contribution >= 4 is 21.8 Å². The fourth-order valence-electron chi connectivity index (χ4n) is 1.77.